The standard InChI is InChI=1S/C14H26N2O2/c1-12-3-2-4-13(9-12)16(11-17)8-7-15-6-5-14(18)10-15/h11-14,18H,2-10H2,1H3. The Kier molecular flexibility index (Phi) is 5.01. The van der Waals surface area contributed by atoms with E-state index in [0.29, 0.717) is 6.04 Å². The smallest absolute Gasteiger partial charge is 0.209 e. The van der Waals surface area contributed by atoms with Gasteiger partial charge in [0.15, 0.2) is 0 Å². The van der Waals surface area contributed by atoms with Crippen LogP contribution in [-0.2, 0) is 4.79 Å². The van der Waals surface area contributed by atoms with Crippen LogP contribution >= 0.6 is 0 Å². The number of hydrogen-bond acceptors (Lipinski definition) is 3. The second kappa shape index (κ2) is 6.53. The van der Waals surface area contributed by atoms with Gasteiger partial charge in [0.1, 0.15) is 0 Å². The number of β-amino-alcohol motifs (C(OH)–C–C–N with tert-alkyl or cyclic N) is 1. The van der Waals surface area contributed by atoms with Crippen molar-refractivity contribution in [3.63, 3.8) is 0 Å². The highest BCUT2D eigenvalue weighted by atomic mass is 16.3. The van der Waals surface area contributed by atoms with Crippen LogP contribution in [0.25, 0.3) is 0 Å². The van der Waals surface area contributed by atoms with Crippen LogP contribution < -0.4 is 0 Å². The van der Waals surface area contributed by atoms with Crippen molar-refractivity contribution < 1.29 is 9.90 Å². The third-order valence-corrected chi connectivity index (χ3v) is 4.44. The lowest BCUT2D eigenvalue weighted by Gasteiger charge is -2.35. The Morgan fingerprint density at radius 2 is 2.22 bits per heavy atom. The highest BCUT2D eigenvalue weighted by Gasteiger charge is 2.25. The first-order valence-corrected chi connectivity index (χ1v) is 7.30. The first-order valence-electron chi connectivity index (χ1n) is 7.30. The van der Waals surface area contributed by atoms with Gasteiger partial charge < -0.3 is 10.0 Å². The average molecular weight is 254 g/mol. The lowest BCUT2D eigenvalue weighted by atomic mass is 9.86. The van der Waals surface area contributed by atoms with Crippen LogP contribution in [0.2, 0.25) is 0 Å². The molecular weight excluding hydrogens is 228 g/mol. The van der Waals surface area contributed by atoms with Crippen molar-refractivity contribution in [2.75, 3.05) is 26.2 Å². The molecule has 0 aromatic heterocycles. The number of amides is 1. The van der Waals surface area contributed by atoms with Crippen LogP contribution in [-0.4, -0.2) is 59.6 Å². The molecule has 3 atom stereocenters. The number of aliphatic hydroxyl groups excluding tert-OH is 1. The van der Waals surface area contributed by atoms with Crippen molar-refractivity contribution in [2.24, 2.45) is 5.92 Å². The lowest BCUT2D eigenvalue weighted by molar-refractivity contribution is -0.121. The van der Waals surface area contributed by atoms with Gasteiger partial charge in [-0.1, -0.05) is 19.8 Å². The number of likely N-dealkylation sites (tertiary alicyclic amines) is 1. The van der Waals surface area contributed by atoms with E-state index in [0.717, 1.165) is 57.8 Å². The van der Waals surface area contributed by atoms with Crippen molar-refractivity contribution in [2.45, 2.75) is 51.2 Å². The second-order valence-electron chi connectivity index (χ2n) is 6.01. The maximum Gasteiger partial charge on any atom is 0.209 e. The minimum atomic E-state index is -0.163. The fourth-order valence-electron chi connectivity index (χ4n) is 3.30. The molecule has 4 heteroatoms. The summed E-state index contributed by atoms with van der Waals surface area (Å²) in [6, 6.07) is 0.443. The predicted molar refractivity (Wildman–Crippen MR) is 71.3 cm³/mol. The van der Waals surface area contributed by atoms with E-state index in [4.69, 9.17) is 0 Å². The molecule has 0 radical (unpaired) electrons. The van der Waals surface area contributed by atoms with Crippen molar-refractivity contribution in [1.29, 1.82) is 0 Å². The molecule has 3 unspecified atom stereocenters. The van der Waals surface area contributed by atoms with Crippen LogP contribution in [0.3, 0.4) is 0 Å². The van der Waals surface area contributed by atoms with Crippen LogP contribution in [0.5, 0.6) is 0 Å². The Labute approximate surface area is 110 Å². The molecule has 18 heavy (non-hydrogen) atoms. The first-order chi connectivity index (χ1) is 8.69. The summed E-state index contributed by atoms with van der Waals surface area (Å²) in [4.78, 5) is 15.5. The predicted octanol–water partition coefficient (Wildman–Crippen LogP) is 1.09. The van der Waals surface area contributed by atoms with Crippen LogP contribution in [0.4, 0.5) is 0 Å². The van der Waals surface area contributed by atoms with E-state index in [1.165, 1.54) is 12.8 Å². The van der Waals surface area contributed by atoms with Crippen LogP contribution in [0, 0.1) is 5.92 Å². The topological polar surface area (TPSA) is 43.8 Å². The Morgan fingerprint density at radius 3 is 2.83 bits per heavy atom. The number of carbonyl (C=O) groups is 1. The molecule has 1 saturated carbocycles. The fourth-order valence-corrected chi connectivity index (χ4v) is 3.30. The minimum Gasteiger partial charge on any atom is -0.392 e. The third kappa shape index (κ3) is 3.69. The monoisotopic (exact) mass is 254 g/mol. The normalized spacial score (nSPS) is 33.6. The van der Waals surface area contributed by atoms with Crippen LogP contribution in [0.1, 0.15) is 39.0 Å². The van der Waals surface area contributed by atoms with E-state index in [-0.39, 0.29) is 6.10 Å². The quantitative estimate of drug-likeness (QED) is 0.747. The van der Waals surface area contributed by atoms with Gasteiger partial charge in [0, 0.05) is 32.2 Å². The summed E-state index contributed by atoms with van der Waals surface area (Å²) in [7, 11) is 0. The summed E-state index contributed by atoms with van der Waals surface area (Å²) in [6.45, 7) is 5.74. The van der Waals surface area contributed by atoms with Gasteiger partial charge in [-0.25, -0.2) is 0 Å². The summed E-state index contributed by atoms with van der Waals surface area (Å²) in [5, 5.41) is 9.48. The largest absolute Gasteiger partial charge is 0.392 e. The molecule has 104 valence electrons. The summed E-state index contributed by atoms with van der Waals surface area (Å²) < 4.78 is 0. The summed E-state index contributed by atoms with van der Waals surface area (Å²) in [5.41, 5.74) is 0. The van der Waals surface area contributed by atoms with Gasteiger partial charge in [0.2, 0.25) is 6.41 Å². The summed E-state index contributed by atoms with van der Waals surface area (Å²) in [6.07, 6.45) is 6.61. The molecule has 1 saturated heterocycles. The van der Waals surface area contributed by atoms with E-state index >= 15 is 0 Å². The van der Waals surface area contributed by atoms with E-state index in [1.807, 2.05) is 4.90 Å². The highest BCUT2D eigenvalue weighted by Crippen LogP contribution is 2.26. The number of aliphatic hydroxyl groups is 1. The van der Waals surface area contributed by atoms with Gasteiger partial charge in [-0.15, -0.1) is 0 Å². The van der Waals surface area contributed by atoms with Gasteiger partial charge in [-0.3, -0.25) is 9.69 Å². The number of nitrogens with zero attached hydrogens (tertiary/aromatic N) is 2. The zero-order valence-electron chi connectivity index (χ0n) is 11.4. The van der Waals surface area contributed by atoms with Crippen LogP contribution in [0.15, 0.2) is 0 Å². The molecule has 2 aliphatic rings. The minimum absolute atomic E-state index is 0.163. The molecule has 2 fully saturated rings. The fraction of sp³-hybridized carbons (Fsp3) is 0.929. The molecular formula is C14H26N2O2. The van der Waals surface area contributed by atoms with E-state index in [1.54, 1.807) is 0 Å². The molecule has 1 N–H and O–H groups in total. The molecule has 0 aromatic rings. The SMILES string of the molecule is CC1CCCC(N(C=O)CCN2CCC(O)C2)C1. The highest BCUT2D eigenvalue weighted by molar-refractivity contribution is 5.47. The molecule has 1 amide bonds. The zero-order chi connectivity index (χ0) is 13.0. The summed E-state index contributed by atoms with van der Waals surface area (Å²) in [5.74, 6) is 0.750. The molecule has 1 aliphatic carbocycles. The second-order valence-corrected chi connectivity index (χ2v) is 6.01. The molecule has 2 rings (SSSR count). The number of rotatable bonds is 5. The molecule has 1 heterocycles. The maximum atomic E-state index is 11.2. The maximum absolute atomic E-state index is 11.2. The number of carbonyl (C=O) groups excluding carboxylic acids is 1. The third-order valence-electron chi connectivity index (χ3n) is 4.44. The summed E-state index contributed by atoms with van der Waals surface area (Å²) >= 11 is 0. The number of hydrogen-bond donors (Lipinski definition) is 1. The van der Waals surface area contributed by atoms with E-state index in [9.17, 15) is 9.90 Å². The van der Waals surface area contributed by atoms with Gasteiger partial charge >= 0.3 is 0 Å². The van der Waals surface area contributed by atoms with E-state index in [2.05, 4.69) is 11.8 Å². The molecule has 4 nitrogen and oxygen atoms in total. The van der Waals surface area contributed by atoms with Crippen molar-refractivity contribution in [3.05, 3.63) is 0 Å². The van der Waals surface area contributed by atoms with Gasteiger partial charge in [0.05, 0.1) is 6.10 Å². The molecule has 0 bridgehead atoms. The zero-order valence-corrected chi connectivity index (χ0v) is 11.4. The first kappa shape index (κ1) is 13.8. The van der Waals surface area contributed by atoms with Crippen molar-refractivity contribution in [3.8, 4) is 0 Å². The van der Waals surface area contributed by atoms with Crippen molar-refractivity contribution >= 4 is 6.41 Å². The Morgan fingerprint density at radius 1 is 1.39 bits per heavy atom. The van der Waals surface area contributed by atoms with E-state index < -0.39 is 0 Å². The molecule has 0 spiro atoms. The van der Waals surface area contributed by atoms with Crippen molar-refractivity contribution in [1.82, 2.24) is 9.80 Å². The van der Waals surface area contributed by atoms with Gasteiger partial charge in [0.25, 0.3) is 0 Å². The van der Waals surface area contributed by atoms with Gasteiger partial charge in [-0.05, 0) is 25.2 Å². The Bertz CT molecular complexity index is 273. The lowest BCUT2D eigenvalue weighted by Crippen LogP contribution is -2.42. The Balaban J connectivity index is 1.76. The molecule has 1 aliphatic heterocycles. The average Bonchev–Trinajstić information content (AvgIpc) is 2.76. The van der Waals surface area contributed by atoms with Gasteiger partial charge in [-0.2, -0.15) is 0 Å². The Hall–Kier alpha value is -0.610. The molecule has 0 aromatic carbocycles.